The average molecular weight is 490 g/mol. The van der Waals surface area contributed by atoms with E-state index >= 15 is 0 Å². The number of carbonyl (C=O) groups is 1. The molecular weight excluding hydrogens is 458 g/mol. The van der Waals surface area contributed by atoms with E-state index in [2.05, 4.69) is 55.6 Å². The number of benzene rings is 3. The Kier molecular flexibility index (Phi) is 5.71. The summed E-state index contributed by atoms with van der Waals surface area (Å²) in [6.45, 7) is 6.86. The van der Waals surface area contributed by atoms with E-state index in [0.29, 0.717) is 13.0 Å². The Bertz CT molecular complexity index is 1500. The fourth-order valence-corrected chi connectivity index (χ4v) is 5.69. The molecule has 0 fully saturated rings. The lowest BCUT2D eigenvalue weighted by atomic mass is 9.69. The molecule has 1 aliphatic heterocycles. The van der Waals surface area contributed by atoms with E-state index in [4.69, 9.17) is 9.84 Å². The van der Waals surface area contributed by atoms with Gasteiger partial charge in [-0.3, -0.25) is 4.79 Å². The third-order valence-corrected chi connectivity index (χ3v) is 7.31. The predicted octanol–water partition coefficient (Wildman–Crippen LogP) is 6.96. The molecule has 0 spiro atoms. The number of carbonyl (C=O) groups excluding carboxylic acids is 1. The van der Waals surface area contributed by atoms with E-state index < -0.39 is 0 Å². The van der Waals surface area contributed by atoms with Gasteiger partial charge in [0.15, 0.2) is 5.78 Å². The van der Waals surface area contributed by atoms with E-state index in [-0.39, 0.29) is 17.1 Å². The molecule has 1 atom stereocenters. The summed E-state index contributed by atoms with van der Waals surface area (Å²) in [5.41, 5.74) is 6.89. The summed E-state index contributed by atoms with van der Waals surface area (Å²) in [5, 5.41) is 8.60. The first-order valence-corrected chi connectivity index (χ1v) is 12.8. The van der Waals surface area contributed by atoms with Crippen molar-refractivity contribution in [2.45, 2.75) is 46.1 Å². The maximum Gasteiger partial charge on any atom is 0.162 e. The molecule has 1 N–H and O–H groups in total. The van der Waals surface area contributed by atoms with E-state index in [1.54, 1.807) is 0 Å². The largest absolute Gasteiger partial charge is 0.489 e. The summed E-state index contributed by atoms with van der Waals surface area (Å²) in [7, 11) is 0. The summed E-state index contributed by atoms with van der Waals surface area (Å²) in [5.74, 6) is 1.73. The molecule has 3 aromatic carbocycles. The third-order valence-electron chi connectivity index (χ3n) is 7.31. The number of anilines is 1. The molecule has 0 unspecified atom stereocenters. The number of nitrogens with zero attached hydrogens (tertiary/aromatic N) is 2. The fourth-order valence-electron chi connectivity index (χ4n) is 5.69. The second-order valence-electron chi connectivity index (χ2n) is 10.8. The fraction of sp³-hybridized carbons (Fsp3) is 0.250. The highest BCUT2D eigenvalue weighted by Gasteiger charge is 2.43. The van der Waals surface area contributed by atoms with E-state index in [1.165, 1.54) is 0 Å². The highest BCUT2D eigenvalue weighted by atomic mass is 16.5. The first-order valence-electron chi connectivity index (χ1n) is 12.8. The van der Waals surface area contributed by atoms with Crippen molar-refractivity contribution in [3.8, 4) is 11.4 Å². The number of aromatic nitrogens is 2. The van der Waals surface area contributed by atoms with Gasteiger partial charge in [0, 0.05) is 29.2 Å². The van der Waals surface area contributed by atoms with Gasteiger partial charge in [0.05, 0.1) is 11.4 Å². The van der Waals surface area contributed by atoms with Crippen LogP contribution in [0, 0.1) is 12.3 Å². The Morgan fingerprint density at radius 3 is 2.46 bits per heavy atom. The smallest absolute Gasteiger partial charge is 0.162 e. The molecule has 0 saturated heterocycles. The van der Waals surface area contributed by atoms with Crippen molar-refractivity contribution in [1.29, 1.82) is 0 Å². The highest BCUT2D eigenvalue weighted by molar-refractivity contribution is 6.01. The van der Waals surface area contributed by atoms with Crippen LogP contribution in [-0.4, -0.2) is 15.6 Å². The molecule has 5 nitrogen and oxygen atoms in total. The van der Waals surface area contributed by atoms with Crippen LogP contribution in [0.4, 0.5) is 5.82 Å². The monoisotopic (exact) mass is 489 g/mol. The minimum atomic E-state index is -0.201. The van der Waals surface area contributed by atoms with Crippen molar-refractivity contribution in [1.82, 2.24) is 9.78 Å². The number of fused-ring (bicyclic) bond motifs is 1. The Balaban J connectivity index is 1.46. The number of Topliss-reactive ketones (excluding diaryl/α,β-unsaturated/α-hetero) is 1. The topological polar surface area (TPSA) is 56.2 Å². The van der Waals surface area contributed by atoms with Crippen LogP contribution < -0.4 is 10.1 Å². The molecule has 1 aromatic heterocycles. The number of hydrogen-bond acceptors (Lipinski definition) is 4. The van der Waals surface area contributed by atoms with E-state index in [0.717, 1.165) is 57.3 Å². The van der Waals surface area contributed by atoms with Crippen molar-refractivity contribution in [2.75, 3.05) is 5.32 Å². The van der Waals surface area contributed by atoms with Gasteiger partial charge in [-0.05, 0) is 54.2 Å². The summed E-state index contributed by atoms with van der Waals surface area (Å²) in [6, 6.07) is 28.5. The molecule has 186 valence electrons. The van der Waals surface area contributed by atoms with Crippen molar-refractivity contribution in [3.05, 3.63) is 119 Å². The Hall–Kier alpha value is -4.12. The van der Waals surface area contributed by atoms with E-state index in [1.807, 2.05) is 60.1 Å². The zero-order valence-electron chi connectivity index (χ0n) is 21.5. The zero-order valence-corrected chi connectivity index (χ0v) is 21.5. The van der Waals surface area contributed by atoms with Crippen molar-refractivity contribution in [2.24, 2.45) is 5.41 Å². The third kappa shape index (κ3) is 4.35. The number of ketones is 1. The quantitative estimate of drug-likeness (QED) is 0.329. The first kappa shape index (κ1) is 23.3. The molecular formula is C32H31N3O2. The molecule has 0 amide bonds. The summed E-state index contributed by atoms with van der Waals surface area (Å²) in [6.07, 6.45) is 1.35. The van der Waals surface area contributed by atoms with Gasteiger partial charge in [-0.15, -0.1) is 0 Å². The number of hydrogen-bond donors (Lipinski definition) is 1. The normalized spacial score (nSPS) is 18.1. The second-order valence-corrected chi connectivity index (χ2v) is 10.8. The summed E-state index contributed by atoms with van der Waals surface area (Å²) in [4.78, 5) is 13.7. The van der Waals surface area contributed by atoms with Crippen LogP contribution in [-0.2, 0) is 11.4 Å². The number of para-hydroxylation sites is 1. The number of rotatable bonds is 5. The molecule has 1 aliphatic carbocycles. The maximum absolute atomic E-state index is 13.7. The second kappa shape index (κ2) is 9.07. The van der Waals surface area contributed by atoms with Crippen LogP contribution in [0.3, 0.4) is 0 Å². The van der Waals surface area contributed by atoms with Crippen LogP contribution in [0.1, 0.15) is 55.0 Å². The Labute approximate surface area is 217 Å². The van der Waals surface area contributed by atoms with Crippen molar-refractivity contribution < 1.29 is 9.53 Å². The summed E-state index contributed by atoms with van der Waals surface area (Å²) < 4.78 is 8.15. The minimum absolute atomic E-state index is 0.0990. The van der Waals surface area contributed by atoms with Gasteiger partial charge in [-0.1, -0.05) is 74.5 Å². The number of allylic oxidation sites excluding steroid dienone is 2. The SMILES string of the molecule is Cc1nn(-c2ccccc2)c2c1[C@@H](c1cccc(OCc3ccccc3)c1)C1=C(CC(C)(C)CC1=O)N2. The average Bonchev–Trinajstić information content (AvgIpc) is 3.22. The lowest BCUT2D eigenvalue weighted by Crippen LogP contribution is -2.34. The van der Waals surface area contributed by atoms with Gasteiger partial charge < -0.3 is 10.1 Å². The standard InChI is InChI=1S/C32H31N3O2/c1-21-28-29(23-13-10-16-25(17-23)37-20-22-11-6-4-7-12-22)30-26(18-32(2,3)19-27(30)36)33-31(28)35(34-21)24-14-8-5-9-15-24/h4-17,29,33H,18-20H2,1-3H3/t29-/m1/s1. The lowest BCUT2D eigenvalue weighted by molar-refractivity contribution is -0.118. The van der Waals surface area contributed by atoms with Gasteiger partial charge in [0.2, 0.25) is 0 Å². The van der Waals surface area contributed by atoms with Crippen molar-refractivity contribution in [3.63, 3.8) is 0 Å². The molecule has 6 rings (SSSR count). The molecule has 37 heavy (non-hydrogen) atoms. The van der Waals surface area contributed by atoms with Crippen LogP contribution >= 0.6 is 0 Å². The van der Waals surface area contributed by atoms with Crippen LogP contribution in [0.25, 0.3) is 5.69 Å². The van der Waals surface area contributed by atoms with Gasteiger partial charge in [0.25, 0.3) is 0 Å². The Morgan fingerprint density at radius 2 is 1.70 bits per heavy atom. The van der Waals surface area contributed by atoms with Crippen molar-refractivity contribution >= 4 is 11.6 Å². The number of nitrogens with one attached hydrogen (secondary N) is 1. The number of aryl methyl sites for hydroxylation is 1. The van der Waals surface area contributed by atoms with Crippen LogP contribution in [0.5, 0.6) is 5.75 Å². The molecule has 2 aliphatic rings. The highest BCUT2D eigenvalue weighted by Crippen LogP contribution is 2.50. The van der Waals surface area contributed by atoms with Gasteiger partial charge in [0.1, 0.15) is 18.2 Å². The van der Waals surface area contributed by atoms with Crippen LogP contribution in [0.15, 0.2) is 96.2 Å². The lowest BCUT2D eigenvalue weighted by Gasteiger charge is -2.38. The molecule has 0 bridgehead atoms. The number of ether oxygens (including phenoxy) is 1. The molecule has 0 saturated carbocycles. The molecule has 4 aromatic rings. The molecule has 0 radical (unpaired) electrons. The van der Waals surface area contributed by atoms with E-state index in [9.17, 15) is 4.79 Å². The molecule has 5 heteroatoms. The van der Waals surface area contributed by atoms with Gasteiger partial charge in [-0.2, -0.15) is 5.10 Å². The van der Waals surface area contributed by atoms with Gasteiger partial charge >= 0.3 is 0 Å². The van der Waals surface area contributed by atoms with Crippen LogP contribution in [0.2, 0.25) is 0 Å². The first-order chi connectivity index (χ1) is 17.9. The molecule has 2 heterocycles. The maximum atomic E-state index is 13.7. The Morgan fingerprint density at radius 1 is 0.973 bits per heavy atom. The zero-order chi connectivity index (χ0) is 25.6. The predicted molar refractivity (Wildman–Crippen MR) is 146 cm³/mol. The van der Waals surface area contributed by atoms with Gasteiger partial charge in [-0.25, -0.2) is 4.68 Å². The summed E-state index contributed by atoms with van der Waals surface area (Å²) >= 11 is 0. The minimum Gasteiger partial charge on any atom is -0.489 e.